The smallest absolute Gasteiger partial charge is 0.329 e. The second-order valence-electron chi connectivity index (χ2n) is 6.54. The van der Waals surface area contributed by atoms with Crippen LogP contribution < -0.4 is 0 Å². The molecule has 0 aliphatic rings. The van der Waals surface area contributed by atoms with Gasteiger partial charge in [0.2, 0.25) is 0 Å². The van der Waals surface area contributed by atoms with Crippen LogP contribution in [0.1, 0.15) is 48.5 Å². The van der Waals surface area contributed by atoms with Gasteiger partial charge < -0.3 is 14.9 Å². The molecule has 0 rings (SSSR count). The van der Waals surface area contributed by atoms with Crippen LogP contribution in [-0.2, 0) is 4.79 Å². The van der Waals surface area contributed by atoms with Gasteiger partial charge in [0.15, 0.2) is 0 Å². The predicted molar refractivity (Wildman–Crippen MR) is 76.2 cm³/mol. The van der Waals surface area contributed by atoms with E-state index in [2.05, 4.69) is 20.8 Å². The second-order valence-corrected chi connectivity index (χ2v) is 6.54. The van der Waals surface area contributed by atoms with Crippen LogP contribution in [-0.4, -0.2) is 52.1 Å². The standard InChI is InChI=1S/C14H28N2O3/c1-9-16(14(6,7)11(17)18)12(19)15(8)10(2)13(3,4)5/h10H,9H2,1-8H3,(H,17,18). The van der Waals surface area contributed by atoms with Gasteiger partial charge in [-0.1, -0.05) is 20.8 Å². The van der Waals surface area contributed by atoms with Crippen LogP contribution in [0.5, 0.6) is 0 Å². The van der Waals surface area contributed by atoms with E-state index in [0.717, 1.165) is 0 Å². The van der Waals surface area contributed by atoms with Crippen molar-refractivity contribution < 1.29 is 14.7 Å². The molecule has 5 heteroatoms. The molecule has 0 heterocycles. The number of likely N-dealkylation sites (N-methyl/N-ethyl adjacent to an activating group) is 1. The van der Waals surface area contributed by atoms with Crippen molar-refractivity contribution in [3.8, 4) is 0 Å². The van der Waals surface area contributed by atoms with E-state index in [4.69, 9.17) is 0 Å². The predicted octanol–water partition coefficient (Wildman–Crippen LogP) is 2.66. The minimum Gasteiger partial charge on any atom is -0.480 e. The number of urea groups is 1. The summed E-state index contributed by atoms with van der Waals surface area (Å²) in [5, 5.41) is 9.26. The van der Waals surface area contributed by atoms with Gasteiger partial charge in [-0.3, -0.25) is 0 Å². The number of nitrogens with zero attached hydrogens (tertiary/aromatic N) is 2. The summed E-state index contributed by atoms with van der Waals surface area (Å²) in [7, 11) is 1.72. The van der Waals surface area contributed by atoms with Gasteiger partial charge in [-0.15, -0.1) is 0 Å². The van der Waals surface area contributed by atoms with E-state index in [0.29, 0.717) is 6.54 Å². The lowest BCUT2D eigenvalue weighted by molar-refractivity contribution is -0.147. The third kappa shape index (κ3) is 3.85. The average Bonchev–Trinajstić information content (AvgIpc) is 2.25. The molecule has 112 valence electrons. The molecule has 0 saturated carbocycles. The summed E-state index contributed by atoms with van der Waals surface area (Å²) >= 11 is 0. The molecule has 0 aliphatic carbocycles. The molecule has 1 N–H and O–H groups in total. The number of hydrogen-bond acceptors (Lipinski definition) is 2. The first kappa shape index (κ1) is 17.7. The molecule has 0 aromatic heterocycles. The topological polar surface area (TPSA) is 60.9 Å². The highest BCUT2D eigenvalue weighted by atomic mass is 16.4. The molecular formula is C14H28N2O3. The van der Waals surface area contributed by atoms with E-state index in [1.165, 1.54) is 4.90 Å². The summed E-state index contributed by atoms with van der Waals surface area (Å²) in [5.74, 6) is -1.00. The van der Waals surface area contributed by atoms with Crippen molar-refractivity contribution in [1.29, 1.82) is 0 Å². The summed E-state index contributed by atoms with van der Waals surface area (Å²) in [6, 6.07) is -0.240. The van der Waals surface area contributed by atoms with Crippen LogP contribution in [0.15, 0.2) is 0 Å². The Hall–Kier alpha value is -1.26. The molecule has 0 aromatic carbocycles. The maximum absolute atomic E-state index is 12.5. The highest BCUT2D eigenvalue weighted by Crippen LogP contribution is 2.25. The van der Waals surface area contributed by atoms with Crippen molar-refractivity contribution in [1.82, 2.24) is 9.80 Å². The lowest BCUT2D eigenvalue weighted by Gasteiger charge is -2.42. The van der Waals surface area contributed by atoms with Gasteiger partial charge in [0, 0.05) is 19.6 Å². The zero-order valence-electron chi connectivity index (χ0n) is 13.4. The third-order valence-corrected chi connectivity index (χ3v) is 3.88. The Kier molecular flexibility index (Phi) is 5.42. The maximum atomic E-state index is 12.5. The second kappa shape index (κ2) is 5.80. The minimum absolute atomic E-state index is 0.0126. The number of carbonyl (C=O) groups is 2. The lowest BCUT2D eigenvalue weighted by atomic mass is 9.87. The fourth-order valence-corrected chi connectivity index (χ4v) is 1.82. The Morgan fingerprint density at radius 1 is 1.16 bits per heavy atom. The molecule has 0 saturated heterocycles. The largest absolute Gasteiger partial charge is 0.480 e. The van der Waals surface area contributed by atoms with Crippen LogP contribution in [0, 0.1) is 5.41 Å². The van der Waals surface area contributed by atoms with E-state index in [-0.39, 0.29) is 17.5 Å². The van der Waals surface area contributed by atoms with Gasteiger partial charge in [0.25, 0.3) is 0 Å². The van der Waals surface area contributed by atoms with Gasteiger partial charge in [0.1, 0.15) is 5.54 Å². The van der Waals surface area contributed by atoms with Crippen LogP contribution in [0.3, 0.4) is 0 Å². The number of amides is 2. The van der Waals surface area contributed by atoms with Gasteiger partial charge in [0.05, 0.1) is 0 Å². The summed E-state index contributed by atoms with van der Waals surface area (Å²) in [4.78, 5) is 26.8. The quantitative estimate of drug-likeness (QED) is 0.856. The Morgan fingerprint density at radius 2 is 1.58 bits per heavy atom. The first-order chi connectivity index (χ1) is 8.37. The fourth-order valence-electron chi connectivity index (χ4n) is 1.82. The number of aliphatic carboxylic acids is 1. The minimum atomic E-state index is -1.21. The van der Waals surface area contributed by atoms with Crippen LogP contribution in [0.2, 0.25) is 0 Å². The average molecular weight is 272 g/mol. The van der Waals surface area contributed by atoms with Crippen molar-refractivity contribution in [2.75, 3.05) is 13.6 Å². The molecule has 2 amide bonds. The van der Waals surface area contributed by atoms with Crippen molar-refractivity contribution in [3.05, 3.63) is 0 Å². The molecule has 1 unspecified atom stereocenters. The Labute approximate surface area is 116 Å². The Morgan fingerprint density at radius 3 is 1.84 bits per heavy atom. The number of carboxylic acids is 1. The zero-order valence-corrected chi connectivity index (χ0v) is 13.4. The van der Waals surface area contributed by atoms with E-state index in [1.807, 2.05) is 6.92 Å². The summed E-state index contributed by atoms with van der Waals surface area (Å²) in [6.07, 6.45) is 0. The zero-order chi connectivity index (χ0) is 15.6. The normalized spacial score (nSPS) is 13.9. The molecule has 0 radical (unpaired) electrons. The van der Waals surface area contributed by atoms with Crippen LogP contribution in [0.4, 0.5) is 4.79 Å². The summed E-state index contributed by atoms with van der Waals surface area (Å²) in [5.41, 5.74) is -1.27. The molecule has 0 fully saturated rings. The van der Waals surface area contributed by atoms with Crippen molar-refractivity contribution in [3.63, 3.8) is 0 Å². The van der Waals surface area contributed by atoms with Gasteiger partial charge >= 0.3 is 12.0 Å². The van der Waals surface area contributed by atoms with Crippen molar-refractivity contribution in [2.45, 2.75) is 60.0 Å². The number of carboxylic acid groups (broad SMARTS) is 1. The van der Waals surface area contributed by atoms with E-state index >= 15 is 0 Å². The molecule has 0 aromatic rings. The molecule has 0 bridgehead atoms. The maximum Gasteiger partial charge on any atom is 0.329 e. The first-order valence-corrected chi connectivity index (χ1v) is 6.65. The molecule has 1 atom stereocenters. The Balaban J connectivity index is 5.22. The number of hydrogen-bond donors (Lipinski definition) is 1. The molecular weight excluding hydrogens is 244 g/mol. The summed E-state index contributed by atoms with van der Waals surface area (Å²) in [6.45, 7) is 13.4. The molecule has 0 spiro atoms. The number of rotatable bonds is 4. The van der Waals surface area contributed by atoms with E-state index in [9.17, 15) is 14.7 Å². The number of carbonyl (C=O) groups excluding carboxylic acids is 1. The third-order valence-electron chi connectivity index (χ3n) is 3.88. The summed E-state index contributed by atoms with van der Waals surface area (Å²) < 4.78 is 0. The van der Waals surface area contributed by atoms with Crippen molar-refractivity contribution >= 4 is 12.0 Å². The SMILES string of the molecule is CCN(C(=O)N(C)C(C)C(C)(C)C)C(C)(C)C(=O)O. The van der Waals surface area contributed by atoms with Crippen LogP contribution >= 0.6 is 0 Å². The fraction of sp³-hybridized carbons (Fsp3) is 0.857. The monoisotopic (exact) mass is 272 g/mol. The lowest BCUT2D eigenvalue weighted by Crippen LogP contribution is -2.58. The molecule has 0 aliphatic heterocycles. The van der Waals surface area contributed by atoms with Gasteiger partial charge in [-0.05, 0) is 33.1 Å². The van der Waals surface area contributed by atoms with Gasteiger partial charge in [-0.2, -0.15) is 0 Å². The Bertz CT molecular complexity index is 345. The molecule has 19 heavy (non-hydrogen) atoms. The van der Waals surface area contributed by atoms with Crippen LogP contribution in [0.25, 0.3) is 0 Å². The first-order valence-electron chi connectivity index (χ1n) is 6.65. The highest BCUT2D eigenvalue weighted by Gasteiger charge is 2.40. The van der Waals surface area contributed by atoms with E-state index in [1.54, 1.807) is 32.7 Å². The van der Waals surface area contributed by atoms with Crippen molar-refractivity contribution in [2.24, 2.45) is 5.41 Å². The van der Waals surface area contributed by atoms with E-state index < -0.39 is 11.5 Å². The molecule has 5 nitrogen and oxygen atoms in total. The highest BCUT2D eigenvalue weighted by molar-refractivity contribution is 5.85. The van der Waals surface area contributed by atoms with Gasteiger partial charge in [-0.25, -0.2) is 9.59 Å².